The molecule has 0 aromatic heterocycles. The van der Waals surface area contributed by atoms with Crippen LogP contribution in [0.1, 0.15) is 35.1 Å². The molecule has 35 heavy (non-hydrogen) atoms. The average molecular weight is 511 g/mol. The number of nitrogens with zero attached hydrogens (tertiary/aromatic N) is 1. The number of amides is 2. The number of carbonyl (C=O) groups is 2. The van der Waals surface area contributed by atoms with E-state index in [1.165, 1.54) is 0 Å². The highest BCUT2D eigenvalue weighted by molar-refractivity contribution is 7.85. The summed E-state index contributed by atoms with van der Waals surface area (Å²) in [7, 11) is -3.68. The quantitative estimate of drug-likeness (QED) is 0.324. The topological polar surface area (TPSA) is 111 Å². The van der Waals surface area contributed by atoms with E-state index in [1.54, 1.807) is 51.1 Å². The number of nitrogens with one attached hydrogen (secondary N) is 1. The fraction of sp³-hybridized carbons (Fsp3) is 0.440. The van der Waals surface area contributed by atoms with Crippen molar-refractivity contribution in [1.82, 2.24) is 4.90 Å². The second-order valence-electron chi connectivity index (χ2n) is 8.26. The first-order valence-electron chi connectivity index (χ1n) is 10.6. The number of rotatable bonds is 12. The van der Waals surface area contributed by atoms with Gasteiger partial charge in [0.2, 0.25) is 5.91 Å². The molecular formula is C25H38N2O7S. The number of allylic oxidation sites excluding steroid dienone is 3. The van der Waals surface area contributed by atoms with Gasteiger partial charge in [-0.1, -0.05) is 38.3 Å². The maximum Gasteiger partial charge on any atom is 0.410 e. The van der Waals surface area contributed by atoms with Gasteiger partial charge in [-0.2, -0.15) is 8.42 Å². The predicted octanol–water partition coefficient (Wildman–Crippen LogP) is 4.54. The molecule has 1 N–H and O–H groups in total. The Balaban J connectivity index is 0.0000116. The number of anilines is 1. The summed E-state index contributed by atoms with van der Waals surface area (Å²) in [5.41, 5.74) is 0.632. The van der Waals surface area contributed by atoms with Crippen molar-refractivity contribution < 1.29 is 31.7 Å². The highest BCUT2D eigenvalue weighted by Gasteiger charge is 2.24. The third kappa shape index (κ3) is 14.7. The van der Waals surface area contributed by atoms with E-state index in [0.717, 1.165) is 16.7 Å². The molecule has 0 saturated carbocycles. The fourth-order valence-corrected chi connectivity index (χ4v) is 2.81. The minimum absolute atomic E-state index is 0. The van der Waals surface area contributed by atoms with E-state index >= 15 is 0 Å². The van der Waals surface area contributed by atoms with Crippen LogP contribution in [0, 0.1) is 0 Å². The summed E-state index contributed by atoms with van der Waals surface area (Å²) in [5, 5.41) is 2.69. The summed E-state index contributed by atoms with van der Waals surface area (Å²) in [5.74, 6) is 0.127. The molecule has 1 rings (SSSR count). The Morgan fingerprint density at radius 1 is 1.17 bits per heavy atom. The van der Waals surface area contributed by atoms with Gasteiger partial charge in [0.15, 0.2) is 0 Å². The monoisotopic (exact) mass is 510 g/mol. The standard InChI is InChI=1S/C24H34N2O7S.CH4/c1-7-9-10-19(8-2)18-31-21-13-11-20(12-14-21)25-22(27)17-26(15-16-32-34(6,29)30)23(28)33-24(3,4)5;/h7-14H,2,15-18H2,1,3-6H3,(H,25,27);1H4/b9-7-,19-10+;. The van der Waals surface area contributed by atoms with Crippen LogP contribution >= 0.6 is 0 Å². The van der Waals surface area contributed by atoms with Gasteiger partial charge in [-0.15, -0.1) is 0 Å². The zero-order chi connectivity index (χ0) is 25.8. The van der Waals surface area contributed by atoms with Crippen molar-refractivity contribution in [3.05, 3.63) is 60.7 Å². The Morgan fingerprint density at radius 3 is 2.31 bits per heavy atom. The Morgan fingerprint density at radius 2 is 1.80 bits per heavy atom. The predicted molar refractivity (Wildman–Crippen MR) is 139 cm³/mol. The lowest BCUT2D eigenvalue weighted by Crippen LogP contribution is -2.43. The molecule has 10 heteroatoms. The van der Waals surface area contributed by atoms with Crippen LogP contribution < -0.4 is 10.1 Å². The minimum atomic E-state index is -3.68. The Labute approximate surface area is 209 Å². The first-order chi connectivity index (χ1) is 15.8. The van der Waals surface area contributed by atoms with E-state index < -0.39 is 27.7 Å². The highest BCUT2D eigenvalue weighted by atomic mass is 32.2. The van der Waals surface area contributed by atoms with Gasteiger partial charge in [-0.25, -0.2) is 4.79 Å². The van der Waals surface area contributed by atoms with Crippen LogP contribution in [0.3, 0.4) is 0 Å². The van der Waals surface area contributed by atoms with Gasteiger partial charge < -0.3 is 14.8 Å². The molecular weight excluding hydrogens is 472 g/mol. The second kappa shape index (κ2) is 15.0. The van der Waals surface area contributed by atoms with Crippen molar-refractivity contribution in [1.29, 1.82) is 0 Å². The SMILES string of the molecule is C.C=C/C(=C\C=C/C)COc1ccc(NC(=O)CN(CCOS(C)(=O)=O)C(=O)OC(C)(C)C)cc1. The number of benzene rings is 1. The number of carbonyl (C=O) groups excluding carboxylic acids is 2. The third-order valence-electron chi connectivity index (χ3n) is 3.95. The Bertz CT molecular complexity index is 992. The molecule has 0 heterocycles. The van der Waals surface area contributed by atoms with Crippen molar-refractivity contribution >= 4 is 27.8 Å². The van der Waals surface area contributed by atoms with Gasteiger partial charge in [0.05, 0.1) is 12.9 Å². The lowest BCUT2D eigenvalue weighted by atomic mass is 10.2. The molecule has 0 spiro atoms. The summed E-state index contributed by atoms with van der Waals surface area (Å²) in [4.78, 5) is 26.0. The first kappa shape index (κ1) is 31.9. The maximum atomic E-state index is 12.5. The highest BCUT2D eigenvalue weighted by Crippen LogP contribution is 2.17. The average Bonchev–Trinajstić information content (AvgIpc) is 2.72. The zero-order valence-electron chi connectivity index (χ0n) is 20.4. The van der Waals surface area contributed by atoms with Crippen molar-refractivity contribution in [2.75, 3.05) is 37.9 Å². The number of hydrogen-bond donors (Lipinski definition) is 1. The molecule has 0 fully saturated rings. The molecule has 1 aromatic carbocycles. The molecule has 0 aliphatic heterocycles. The van der Waals surface area contributed by atoms with Crippen LogP contribution in [0.15, 0.2) is 60.7 Å². The zero-order valence-corrected chi connectivity index (χ0v) is 21.2. The summed E-state index contributed by atoms with van der Waals surface area (Å²) >= 11 is 0. The van der Waals surface area contributed by atoms with Gasteiger partial charge in [0.1, 0.15) is 24.5 Å². The van der Waals surface area contributed by atoms with Crippen molar-refractivity contribution in [3.63, 3.8) is 0 Å². The third-order valence-corrected chi connectivity index (χ3v) is 4.55. The summed E-state index contributed by atoms with van der Waals surface area (Å²) < 4.78 is 38.1. The maximum absolute atomic E-state index is 12.5. The van der Waals surface area contributed by atoms with Gasteiger partial charge in [-0.05, 0) is 57.5 Å². The van der Waals surface area contributed by atoms with Gasteiger partial charge in [0, 0.05) is 12.2 Å². The minimum Gasteiger partial charge on any atom is -0.489 e. The van der Waals surface area contributed by atoms with Crippen LogP contribution in [-0.2, 0) is 23.8 Å². The van der Waals surface area contributed by atoms with Gasteiger partial charge >= 0.3 is 6.09 Å². The van der Waals surface area contributed by atoms with E-state index in [1.807, 2.05) is 25.2 Å². The lowest BCUT2D eigenvalue weighted by Gasteiger charge is -2.26. The number of ether oxygens (including phenoxy) is 2. The first-order valence-corrected chi connectivity index (χ1v) is 12.4. The molecule has 196 valence electrons. The van der Waals surface area contributed by atoms with Crippen LogP contribution in [0.25, 0.3) is 0 Å². The fourth-order valence-electron chi connectivity index (χ4n) is 2.43. The lowest BCUT2D eigenvalue weighted by molar-refractivity contribution is -0.117. The summed E-state index contributed by atoms with van der Waals surface area (Å²) in [6.45, 7) is 10.3. The van der Waals surface area contributed by atoms with Crippen molar-refractivity contribution in [2.24, 2.45) is 0 Å². The normalized spacial score (nSPS) is 12.0. The molecule has 0 aliphatic rings. The Hall–Kier alpha value is -3.11. The molecule has 2 amide bonds. The van der Waals surface area contributed by atoms with Gasteiger partial charge in [0.25, 0.3) is 10.1 Å². The molecule has 0 saturated heterocycles. The van der Waals surface area contributed by atoms with E-state index in [2.05, 4.69) is 16.1 Å². The van der Waals surface area contributed by atoms with Crippen LogP contribution in [0.5, 0.6) is 5.75 Å². The van der Waals surface area contributed by atoms with Crippen LogP contribution in [0.2, 0.25) is 0 Å². The van der Waals surface area contributed by atoms with E-state index in [0.29, 0.717) is 18.0 Å². The summed E-state index contributed by atoms with van der Waals surface area (Å²) in [6, 6.07) is 6.75. The molecule has 1 aromatic rings. The second-order valence-corrected chi connectivity index (χ2v) is 9.90. The van der Waals surface area contributed by atoms with Crippen molar-refractivity contribution in [2.45, 2.75) is 40.7 Å². The molecule has 0 atom stereocenters. The molecule has 0 unspecified atom stereocenters. The smallest absolute Gasteiger partial charge is 0.410 e. The molecule has 0 aliphatic carbocycles. The number of hydrogen-bond acceptors (Lipinski definition) is 7. The van der Waals surface area contributed by atoms with Gasteiger partial charge in [-0.3, -0.25) is 13.9 Å². The molecule has 0 radical (unpaired) electrons. The largest absolute Gasteiger partial charge is 0.489 e. The van der Waals surface area contributed by atoms with E-state index in [4.69, 9.17) is 9.47 Å². The Kier molecular flexibility index (Phi) is 13.7. The van der Waals surface area contributed by atoms with E-state index in [9.17, 15) is 18.0 Å². The van der Waals surface area contributed by atoms with E-state index in [-0.39, 0.29) is 27.1 Å². The molecule has 9 nitrogen and oxygen atoms in total. The summed E-state index contributed by atoms with van der Waals surface area (Å²) in [6.07, 6.45) is 7.57. The molecule has 0 bridgehead atoms. The van der Waals surface area contributed by atoms with Crippen LogP contribution in [0.4, 0.5) is 10.5 Å². The van der Waals surface area contributed by atoms with Crippen LogP contribution in [-0.4, -0.2) is 63.5 Å². The van der Waals surface area contributed by atoms with Crippen molar-refractivity contribution in [3.8, 4) is 5.75 Å².